The molecule has 0 unspecified atom stereocenters. The average molecular weight is 624 g/mol. The lowest BCUT2D eigenvalue weighted by atomic mass is 9.49. The number of nitrogens with zero attached hydrogens (tertiary/aromatic N) is 3. The number of nitrogens with one attached hydrogen (secondary N) is 2. The molecule has 0 aliphatic heterocycles. The van der Waals surface area contributed by atoms with Gasteiger partial charge in [-0.2, -0.15) is 0 Å². The van der Waals surface area contributed by atoms with Crippen molar-refractivity contribution < 1.29 is 9.59 Å². The van der Waals surface area contributed by atoms with Gasteiger partial charge in [0.15, 0.2) is 11.6 Å². The van der Waals surface area contributed by atoms with Gasteiger partial charge in [-0.3, -0.25) is 14.2 Å². The molecule has 4 saturated carbocycles. The van der Waals surface area contributed by atoms with Crippen molar-refractivity contribution in [2.75, 3.05) is 0 Å². The maximum Gasteiger partial charge on any atom is 0.268 e. The third-order valence-corrected chi connectivity index (χ3v) is 11.7. The molecule has 1 amide bonds. The van der Waals surface area contributed by atoms with Crippen LogP contribution in [-0.2, 0) is 18.4 Å². The van der Waals surface area contributed by atoms with Crippen LogP contribution in [-0.4, -0.2) is 31.4 Å². The van der Waals surface area contributed by atoms with Crippen molar-refractivity contribution in [1.82, 2.24) is 25.1 Å². The lowest BCUT2D eigenvalue weighted by Gasteiger charge is -2.56. The Morgan fingerprint density at radius 2 is 1.68 bits per heavy atom. The number of halogens is 1. The number of aryl methyl sites for hydroxylation is 1. The summed E-state index contributed by atoms with van der Waals surface area (Å²) in [6.45, 7) is 2.29. The van der Waals surface area contributed by atoms with E-state index in [1.54, 1.807) is 23.5 Å². The molecule has 0 atom stereocenters. The van der Waals surface area contributed by atoms with Gasteiger partial charge in [0, 0.05) is 26.8 Å². The van der Waals surface area contributed by atoms with E-state index in [2.05, 4.69) is 21.8 Å². The molecular formula is C35H34ClN5O2S. The molecule has 0 spiro atoms. The molecule has 4 fully saturated rings. The average Bonchev–Trinajstić information content (AvgIpc) is 3.75. The summed E-state index contributed by atoms with van der Waals surface area (Å²) in [5.41, 5.74) is 2.43. The predicted molar refractivity (Wildman–Crippen MR) is 173 cm³/mol. The Morgan fingerprint density at radius 3 is 2.39 bits per heavy atom. The molecule has 7 nitrogen and oxygen atoms in total. The number of ketones is 1. The smallest absolute Gasteiger partial charge is 0.268 e. The van der Waals surface area contributed by atoms with Crippen LogP contribution in [0.15, 0.2) is 60.7 Å². The molecule has 3 aromatic heterocycles. The summed E-state index contributed by atoms with van der Waals surface area (Å²) in [5, 5.41) is 15.0. The number of rotatable bonds is 8. The molecule has 4 aliphatic carbocycles. The van der Waals surface area contributed by atoms with Crippen LogP contribution in [0, 0.1) is 17.8 Å². The zero-order chi connectivity index (χ0) is 30.0. The summed E-state index contributed by atoms with van der Waals surface area (Å²) >= 11 is 8.15. The second kappa shape index (κ2) is 10.7. The number of carbonyl (C=O) groups excluding carboxylic acids is 2. The molecule has 4 bridgehead atoms. The zero-order valence-corrected chi connectivity index (χ0v) is 26.2. The first-order valence-electron chi connectivity index (χ1n) is 15.6. The Morgan fingerprint density at radius 1 is 0.977 bits per heavy atom. The SMILES string of the molecule is CCc1cc(C(=O)c2ccccc2Cl)c(-n2c(CNC(=O)c3cc4ccccc4[nH]3)nnc2C23CC4CC(CC(C4)C2)C3)s1. The Kier molecular flexibility index (Phi) is 6.76. The van der Waals surface area contributed by atoms with Crippen molar-refractivity contribution in [3.8, 4) is 5.00 Å². The van der Waals surface area contributed by atoms with Crippen LogP contribution < -0.4 is 5.32 Å². The van der Waals surface area contributed by atoms with Crippen LogP contribution in [0.3, 0.4) is 0 Å². The molecule has 0 radical (unpaired) electrons. The fourth-order valence-corrected chi connectivity index (χ4v) is 9.88. The molecule has 44 heavy (non-hydrogen) atoms. The van der Waals surface area contributed by atoms with E-state index in [4.69, 9.17) is 21.8 Å². The second-order valence-corrected chi connectivity index (χ2v) is 14.5. The number of aromatic amines is 1. The van der Waals surface area contributed by atoms with Crippen molar-refractivity contribution in [1.29, 1.82) is 0 Å². The van der Waals surface area contributed by atoms with Crippen LogP contribution in [0.4, 0.5) is 0 Å². The largest absolute Gasteiger partial charge is 0.351 e. The molecule has 4 aliphatic rings. The van der Waals surface area contributed by atoms with Crippen molar-refractivity contribution >= 4 is 45.5 Å². The van der Waals surface area contributed by atoms with Crippen LogP contribution in [0.1, 0.15) is 88.4 Å². The van der Waals surface area contributed by atoms with Gasteiger partial charge in [0.25, 0.3) is 5.91 Å². The summed E-state index contributed by atoms with van der Waals surface area (Å²) in [5.74, 6) is 3.42. The van der Waals surface area contributed by atoms with Gasteiger partial charge in [0.2, 0.25) is 0 Å². The van der Waals surface area contributed by atoms with Gasteiger partial charge in [-0.1, -0.05) is 48.9 Å². The summed E-state index contributed by atoms with van der Waals surface area (Å²) in [7, 11) is 0. The number of fused-ring (bicyclic) bond motifs is 1. The summed E-state index contributed by atoms with van der Waals surface area (Å²) in [6, 6.07) is 18.9. The van der Waals surface area contributed by atoms with Crippen molar-refractivity contribution in [2.45, 2.75) is 63.8 Å². The van der Waals surface area contributed by atoms with Crippen molar-refractivity contribution in [3.05, 3.63) is 99.0 Å². The minimum atomic E-state index is -0.208. The van der Waals surface area contributed by atoms with Crippen LogP contribution in [0.2, 0.25) is 5.02 Å². The van der Waals surface area contributed by atoms with E-state index in [-0.39, 0.29) is 23.7 Å². The lowest BCUT2D eigenvalue weighted by molar-refractivity contribution is -0.0102. The summed E-state index contributed by atoms with van der Waals surface area (Å²) in [6.07, 6.45) is 8.08. The van der Waals surface area contributed by atoms with E-state index in [0.717, 1.165) is 70.0 Å². The lowest BCUT2D eigenvalue weighted by Crippen LogP contribution is -2.49. The van der Waals surface area contributed by atoms with Gasteiger partial charge in [0.1, 0.15) is 16.5 Å². The first kappa shape index (κ1) is 27.8. The van der Waals surface area contributed by atoms with Gasteiger partial charge >= 0.3 is 0 Å². The van der Waals surface area contributed by atoms with Gasteiger partial charge in [-0.05, 0) is 93.0 Å². The highest BCUT2D eigenvalue weighted by Gasteiger charge is 2.54. The molecule has 0 saturated heterocycles. The second-order valence-electron chi connectivity index (χ2n) is 13.0. The fraction of sp³-hybridized carbons (Fsp3) is 0.371. The number of H-pyrrole nitrogens is 1. The first-order chi connectivity index (χ1) is 21.4. The van der Waals surface area contributed by atoms with Crippen LogP contribution in [0.25, 0.3) is 15.9 Å². The fourth-order valence-electron chi connectivity index (χ4n) is 8.55. The number of benzene rings is 2. The standard InChI is InChI=1S/C35H34ClN5O2S/c1-2-24-15-26(31(42)25-8-4-5-9-27(25)36)33(44-24)41-30(19-37-32(43)29-14-23-7-3-6-10-28(23)38-29)39-40-34(41)35-16-20-11-21(17-35)13-22(12-20)18-35/h3-10,14-15,20-22,38H,2,11-13,16-19H2,1H3,(H,37,43). The highest BCUT2D eigenvalue weighted by atomic mass is 35.5. The van der Waals surface area contributed by atoms with Gasteiger partial charge in [-0.25, -0.2) is 0 Å². The van der Waals surface area contributed by atoms with Gasteiger partial charge < -0.3 is 10.3 Å². The van der Waals surface area contributed by atoms with E-state index in [9.17, 15) is 9.59 Å². The third kappa shape index (κ3) is 4.61. The maximum absolute atomic E-state index is 14.1. The first-order valence-corrected chi connectivity index (χ1v) is 16.8. The summed E-state index contributed by atoms with van der Waals surface area (Å²) < 4.78 is 2.13. The number of thiophene rings is 1. The van der Waals surface area contributed by atoms with Gasteiger partial charge in [0.05, 0.1) is 17.1 Å². The molecule has 3 heterocycles. The number of hydrogen-bond donors (Lipinski definition) is 2. The normalized spacial score (nSPS) is 23.8. The molecular weight excluding hydrogens is 590 g/mol. The Bertz CT molecular complexity index is 1850. The van der Waals surface area contributed by atoms with Crippen molar-refractivity contribution in [2.24, 2.45) is 17.8 Å². The molecule has 2 aromatic carbocycles. The number of amides is 1. The predicted octanol–water partition coefficient (Wildman–Crippen LogP) is 7.65. The van der Waals surface area contributed by atoms with E-state index >= 15 is 0 Å². The van der Waals surface area contributed by atoms with E-state index in [1.165, 1.54) is 19.3 Å². The number of hydrogen-bond acceptors (Lipinski definition) is 5. The highest BCUT2D eigenvalue weighted by molar-refractivity contribution is 7.15. The third-order valence-electron chi connectivity index (χ3n) is 10.1. The Balaban J connectivity index is 1.22. The highest BCUT2D eigenvalue weighted by Crippen LogP contribution is 2.60. The molecule has 2 N–H and O–H groups in total. The van der Waals surface area contributed by atoms with Crippen LogP contribution >= 0.6 is 22.9 Å². The molecule has 5 aromatic rings. The van der Waals surface area contributed by atoms with Gasteiger partial charge in [-0.15, -0.1) is 21.5 Å². The van der Waals surface area contributed by atoms with E-state index < -0.39 is 0 Å². The topological polar surface area (TPSA) is 92.7 Å². The monoisotopic (exact) mass is 623 g/mol. The maximum atomic E-state index is 14.1. The molecule has 9 rings (SSSR count). The Hall–Kier alpha value is -3.75. The zero-order valence-electron chi connectivity index (χ0n) is 24.6. The number of para-hydroxylation sites is 1. The van der Waals surface area contributed by atoms with Crippen molar-refractivity contribution in [3.63, 3.8) is 0 Å². The number of carbonyl (C=O) groups is 2. The quantitative estimate of drug-likeness (QED) is 0.174. The molecule has 9 heteroatoms. The number of aromatic nitrogens is 4. The molecule has 224 valence electrons. The van der Waals surface area contributed by atoms with E-state index in [0.29, 0.717) is 27.7 Å². The van der Waals surface area contributed by atoms with Crippen LogP contribution in [0.5, 0.6) is 0 Å². The minimum Gasteiger partial charge on any atom is -0.351 e. The Labute approximate surface area is 265 Å². The van der Waals surface area contributed by atoms with E-state index in [1.807, 2.05) is 48.5 Å². The summed E-state index contributed by atoms with van der Waals surface area (Å²) in [4.78, 5) is 31.8. The minimum absolute atomic E-state index is 0.0672.